The summed E-state index contributed by atoms with van der Waals surface area (Å²) in [4.78, 5) is 27.1. The molecule has 2 aromatic rings. The first kappa shape index (κ1) is 22.9. The van der Waals surface area contributed by atoms with Crippen LogP contribution < -0.4 is 5.32 Å². The van der Waals surface area contributed by atoms with Gasteiger partial charge in [-0.1, -0.05) is 30.3 Å². The van der Waals surface area contributed by atoms with E-state index in [1.807, 2.05) is 42.2 Å². The summed E-state index contributed by atoms with van der Waals surface area (Å²) in [5.41, 5.74) is 1.49. The maximum atomic E-state index is 13.2. The van der Waals surface area contributed by atoms with Gasteiger partial charge in [-0.15, -0.1) is 0 Å². The number of hydrogen-bond acceptors (Lipinski definition) is 3. The molecule has 2 aromatic carbocycles. The molecule has 5 nitrogen and oxygen atoms in total. The second-order valence-corrected chi connectivity index (χ2v) is 8.25. The van der Waals surface area contributed by atoms with Crippen LogP contribution in [0.3, 0.4) is 0 Å². The lowest BCUT2D eigenvalue weighted by Gasteiger charge is -2.34. The van der Waals surface area contributed by atoms with Crippen molar-refractivity contribution in [2.75, 3.05) is 20.2 Å². The number of carbonyl (C=O) groups is 2. The number of amides is 2. The maximum Gasteiger partial charge on any atom is 0.251 e. The minimum Gasteiger partial charge on any atom is -0.381 e. The van der Waals surface area contributed by atoms with E-state index in [9.17, 15) is 14.0 Å². The molecule has 0 spiro atoms. The Bertz CT molecular complexity index is 849. The number of nitrogens with one attached hydrogen (secondary N) is 1. The number of hydrogen-bond donors (Lipinski definition) is 1. The highest BCUT2D eigenvalue weighted by Gasteiger charge is 2.27. The van der Waals surface area contributed by atoms with E-state index in [2.05, 4.69) is 5.32 Å². The van der Waals surface area contributed by atoms with E-state index in [1.54, 1.807) is 7.11 Å². The number of methoxy groups -OCH3 is 1. The molecule has 2 amide bonds. The molecule has 1 fully saturated rings. The van der Waals surface area contributed by atoms with Crippen LogP contribution in [0.5, 0.6) is 0 Å². The standard InChI is InChI=1S/C25H31FN2O3/c1-18(31-2)16-24(29)28-14-12-19(13-15-28)17-23(20-6-4-3-5-7-20)27-25(30)21-8-10-22(26)11-9-21/h3-11,18-19,23H,12-17H2,1-2H3,(H,27,30). The average Bonchev–Trinajstić information content (AvgIpc) is 2.80. The van der Waals surface area contributed by atoms with Crippen LogP contribution in [0.2, 0.25) is 0 Å². The Balaban J connectivity index is 1.62. The molecule has 0 aromatic heterocycles. The summed E-state index contributed by atoms with van der Waals surface area (Å²) in [6, 6.07) is 15.4. The summed E-state index contributed by atoms with van der Waals surface area (Å²) in [6.45, 7) is 3.36. The highest BCUT2D eigenvalue weighted by atomic mass is 19.1. The number of nitrogens with zero attached hydrogens (tertiary/aromatic N) is 1. The van der Waals surface area contributed by atoms with Crippen molar-refractivity contribution in [2.24, 2.45) is 5.92 Å². The summed E-state index contributed by atoms with van der Waals surface area (Å²) in [7, 11) is 1.62. The lowest BCUT2D eigenvalue weighted by molar-refractivity contribution is -0.134. The molecule has 0 aliphatic carbocycles. The molecule has 1 N–H and O–H groups in total. The van der Waals surface area contributed by atoms with Gasteiger partial charge in [-0.25, -0.2) is 4.39 Å². The van der Waals surface area contributed by atoms with Gasteiger partial charge in [0.05, 0.1) is 18.6 Å². The Hall–Kier alpha value is -2.73. The van der Waals surface area contributed by atoms with Crippen molar-refractivity contribution in [3.8, 4) is 0 Å². The normalized spacial score (nSPS) is 16.5. The van der Waals surface area contributed by atoms with E-state index in [-0.39, 0.29) is 29.8 Å². The SMILES string of the molecule is COC(C)CC(=O)N1CCC(CC(NC(=O)c2ccc(F)cc2)c2ccccc2)CC1. The number of rotatable bonds is 8. The number of ether oxygens (including phenoxy) is 1. The third kappa shape index (κ3) is 6.62. The van der Waals surface area contributed by atoms with Gasteiger partial charge in [-0.3, -0.25) is 9.59 Å². The van der Waals surface area contributed by atoms with Crippen molar-refractivity contribution in [3.63, 3.8) is 0 Å². The highest BCUT2D eigenvalue weighted by Crippen LogP contribution is 2.29. The summed E-state index contributed by atoms with van der Waals surface area (Å²) >= 11 is 0. The maximum absolute atomic E-state index is 13.2. The van der Waals surface area contributed by atoms with Crippen molar-refractivity contribution >= 4 is 11.8 Å². The molecule has 0 radical (unpaired) electrons. The predicted octanol–water partition coefficient (Wildman–Crippen LogP) is 4.35. The molecule has 0 saturated carbocycles. The van der Waals surface area contributed by atoms with E-state index in [0.717, 1.165) is 37.9 Å². The molecule has 2 atom stereocenters. The van der Waals surface area contributed by atoms with Crippen molar-refractivity contribution in [1.29, 1.82) is 0 Å². The van der Waals surface area contributed by atoms with E-state index in [1.165, 1.54) is 24.3 Å². The largest absolute Gasteiger partial charge is 0.381 e. The minimum atomic E-state index is -0.364. The van der Waals surface area contributed by atoms with Gasteiger partial charge < -0.3 is 15.0 Å². The smallest absolute Gasteiger partial charge is 0.251 e. The van der Waals surface area contributed by atoms with Gasteiger partial charge >= 0.3 is 0 Å². The zero-order valence-corrected chi connectivity index (χ0v) is 18.2. The number of piperidine rings is 1. The summed E-state index contributed by atoms with van der Waals surface area (Å²) in [5, 5.41) is 3.13. The fraction of sp³-hybridized carbons (Fsp3) is 0.440. The van der Waals surface area contributed by atoms with Gasteiger partial charge in [0.2, 0.25) is 5.91 Å². The topological polar surface area (TPSA) is 58.6 Å². The van der Waals surface area contributed by atoms with Crippen molar-refractivity contribution in [3.05, 3.63) is 71.5 Å². The molecular formula is C25H31FN2O3. The molecule has 31 heavy (non-hydrogen) atoms. The number of likely N-dealkylation sites (tertiary alicyclic amines) is 1. The number of halogens is 1. The fourth-order valence-corrected chi connectivity index (χ4v) is 4.02. The summed E-state index contributed by atoms with van der Waals surface area (Å²) in [6.07, 6.45) is 2.94. The monoisotopic (exact) mass is 426 g/mol. The lowest BCUT2D eigenvalue weighted by Crippen LogP contribution is -2.40. The molecule has 1 aliphatic rings. The van der Waals surface area contributed by atoms with Crippen molar-refractivity contribution < 1.29 is 18.7 Å². The second-order valence-electron chi connectivity index (χ2n) is 8.25. The first-order valence-electron chi connectivity index (χ1n) is 10.9. The van der Waals surface area contributed by atoms with Crippen LogP contribution in [0.4, 0.5) is 4.39 Å². The van der Waals surface area contributed by atoms with E-state index < -0.39 is 0 Å². The highest BCUT2D eigenvalue weighted by molar-refractivity contribution is 5.94. The molecule has 1 aliphatic heterocycles. The van der Waals surface area contributed by atoms with Gasteiger partial charge in [0.25, 0.3) is 5.91 Å². The number of carbonyl (C=O) groups excluding carboxylic acids is 2. The predicted molar refractivity (Wildman–Crippen MR) is 118 cm³/mol. The Labute approximate surface area is 183 Å². The van der Waals surface area contributed by atoms with Gasteiger partial charge in [-0.05, 0) is 61.9 Å². The van der Waals surface area contributed by atoms with Gasteiger partial charge in [0.1, 0.15) is 5.82 Å². The molecule has 0 bridgehead atoms. The zero-order chi connectivity index (χ0) is 22.2. The van der Waals surface area contributed by atoms with Crippen molar-refractivity contribution in [1.82, 2.24) is 10.2 Å². The Kier molecular flexibility index (Phi) is 8.18. The Morgan fingerprint density at radius 1 is 1.10 bits per heavy atom. The zero-order valence-electron chi connectivity index (χ0n) is 18.2. The van der Waals surface area contributed by atoms with Gasteiger partial charge in [-0.2, -0.15) is 0 Å². The van der Waals surface area contributed by atoms with Gasteiger partial charge in [0, 0.05) is 25.8 Å². The Morgan fingerprint density at radius 3 is 2.35 bits per heavy atom. The van der Waals surface area contributed by atoms with Crippen LogP contribution in [0.25, 0.3) is 0 Å². The van der Waals surface area contributed by atoms with Crippen molar-refractivity contribution in [2.45, 2.75) is 44.8 Å². The summed E-state index contributed by atoms with van der Waals surface area (Å²) in [5.74, 6) is -0.0352. The molecule has 166 valence electrons. The van der Waals surface area contributed by atoms with E-state index in [4.69, 9.17) is 4.74 Å². The van der Waals surface area contributed by atoms with Crippen LogP contribution in [-0.4, -0.2) is 43.0 Å². The van der Waals surface area contributed by atoms with E-state index >= 15 is 0 Å². The molecule has 6 heteroatoms. The number of benzene rings is 2. The quantitative estimate of drug-likeness (QED) is 0.683. The lowest BCUT2D eigenvalue weighted by atomic mass is 9.87. The third-order valence-electron chi connectivity index (χ3n) is 6.01. The van der Waals surface area contributed by atoms with Crippen LogP contribution in [0, 0.1) is 11.7 Å². The van der Waals surface area contributed by atoms with Gasteiger partial charge in [0.15, 0.2) is 0 Å². The summed E-state index contributed by atoms with van der Waals surface area (Å²) < 4.78 is 18.4. The third-order valence-corrected chi connectivity index (χ3v) is 6.01. The van der Waals surface area contributed by atoms with E-state index in [0.29, 0.717) is 17.9 Å². The molecular weight excluding hydrogens is 395 g/mol. The Morgan fingerprint density at radius 2 is 1.74 bits per heavy atom. The second kappa shape index (κ2) is 11.0. The van der Waals surface area contributed by atoms with Crippen LogP contribution in [0.15, 0.2) is 54.6 Å². The first-order chi connectivity index (χ1) is 15.0. The van der Waals surface area contributed by atoms with Crippen LogP contribution in [-0.2, 0) is 9.53 Å². The minimum absolute atomic E-state index is 0.0747. The fourth-order valence-electron chi connectivity index (χ4n) is 4.02. The average molecular weight is 427 g/mol. The molecule has 2 unspecified atom stereocenters. The van der Waals surface area contributed by atoms with Crippen LogP contribution >= 0.6 is 0 Å². The first-order valence-corrected chi connectivity index (χ1v) is 10.9. The molecule has 3 rings (SSSR count). The molecule has 1 saturated heterocycles. The molecule has 1 heterocycles. The van der Waals surface area contributed by atoms with Crippen LogP contribution in [0.1, 0.15) is 54.6 Å².